The smallest absolute Gasteiger partial charge is 0.306 e. The summed E-state index contributed by atoms with van der Waals surface area (Å²) in [5.74, 6) is -0.906. The Kier molecular flexibility index (Phi) is 55.9. The predicted molar refractivity (Wildman–Crippen MR) is 307 cm³/mol. The summed E-state index contributed by atoms with van der Waals surface area (Å²) in [6.07, 6.45) is 79.0. The van der Waals surface area contributed by atoms with Crippen LogP contribution in [0, 0.1) is 0 Å². The van der Waals surface area contributed by atoms with E-state index in [0.717, 1.165) is 135 Å². The van der Waals surface area contributed by atoms with E-state index in [1.165, 1.54) is 103 Å². The van der Waals surface area contributed by atoms with Crippen LogP contribution in [0.15, 0.2) is 97.2 Å². The molecule has 0 aliphatic carbocycles. The summed E-state index contributed by atoms with van der Waals surface area (Å²) in [5.41, 5.74) is 0. The molecular formula is C65H110O6. The molecule has 0 saturated carbocycles. The maximum Gasteiger partial charge on any atom is 0.306 e. The third-order valence-electron chi connectivity index (χ3n) is 12.6. The second-order valence-corrected chi connectivity index (χ2v) is 19.5. The lowest BCUT2D eigenvalue weighted by Crippen LogP contribution is -2.30. The van der Waals surface area contributed by atoms with Crippen LogP contribution in [0.1, 0.15) is 278 Å². The lowest BCUT2D eigenvalue weighted by atomic mass is 10.0. The van der Waals surface area contributed by atoms with Crippen LogP contribution in [0.3, 0.4) is 0 Å². The second kappa shape index (κ2) is 58.9. The standard InChI is InChI=1S/C65H110O6/c1-4-7-10-13-15-17-19-21-22-23-24-25-26-27-28-29-30-31-32-33-34-35-36-37-38-39-40-41-42-44-45-47-49-52-55-58-64(67)70-61-62(60-69-63(66)57-54-51-12-9-6-3)71-65(68)59-56-53-50-48-46-43-20-18-16-14-11-8-5-2/h7,10-11,14-15,17-18,20-22,24-25,27-28,30-31,62H,4-6,8-9,12-13,16,19,23,26,29,32-61H2,1-3H3/b10-7-,14-11-,17-15-,20-18-,22-21-,25-24-,28-27-,31-30-. The van der Waals surface area contributed by atoms with Crippen LogP contribution in [0.4, 0.5) is 0 Å². The summed E-state index contributed by atoms with van der Waals surface area (Å²) in [7, 11) is 0. The largest absolute Gasteiger partial charge is 0.462 e. The first kappa shape index (κ1) is 67.3. The highest BCUT2D eigenvalue weighted by Gasteiger charge is 2.19. The van der Waals surface area contributed by atoms with E-state index in [1.807, 2.05) is 0 Å². The SMILES string of the molecule is CC/C=C\C/C=C\C/C=C\C/C=C\C/C=C\C/C=C\CCCCCCCCCCCCCCCCCCC(=O)OCC(COC(=O)CCCCCCC)OC(=O)CCCCCCC/C=C\C/C=C\CCC. The van der Waals surface area contributed by atoms with Crippen LogP contribution in [0.2, 0.25) is 0 Å². The summed E-state index contributed by atoms with van der Waals surface area (Å²) in [6, 6.07) is 0. The molecule has 0 amide bonds. The molecule has 0 heterocycles. The molecule has 0 bridgehead atoms. The quantitative estimate of drug-likeness (QED) is 0.0261. The van der Waals surface area contributed by atoms with Gasteiger partial charge in [-0.15, -0.1) is 0 Å². The minimum absolute atomic E-state index is 0.0808. The zero-order valence-electron chi connectivity index (χ0n) is 46.5. The fraction of sp³-hybridized carbons (Fsp3) is 0.708. The van der Waals surface area contributed by atoms with Gasteiger partial charge < -0.3 is 14.2 Å². The van der Waals surface area contributed by atoms with Gasteiger partial charge in [-0.25, -0.2) is 0 Å². The van der Waals surface area contributed by atoms with Gasteiger partial charge in [0.25, 0.3) is 0 Å². The highest BCUT2D eigenvalue weighted by Crippen LogP contribution is 2.16. The molecule has 0 aliphatic rings. The zero-order chi connectivity index (χ0) is 51.4. The number of carbonyl (C=O) groups is 3. The van der Waals surface area contributed by atoms with E-state index in [9.17, 15) is 14.4 Å². The number of hydrogen-bond donors (Lipinski definition) is 0. The highest BCUT2D eigenvalue weighted by molar-refractivity contribution is 5.71. The van der Waals surface area contributed by atoms with Crippen molar-refractivity contribution < 1.29 is 28.6 Å². The Bertz CT molecular complexity index is 1410. The van der Waals surface area contributed by atoms with E-state index < -0.39 is 6.10 Å². The first-order chi connectivity index (χ1) is 35.0. The first-order valence-electron chi connectivity index (χ1n) is 29.7. The van der Waals surface area contributed by atoms with Crippen molar-refractivity contribution in [2.75, 3.05) is 13.2 Å². The maximum atomic E-state index is 12.7. The summed E-state index contributed by atoms with van der Waals surface area (Å²) in [6.45, 7) is 6.37. The van der Waals surface area contributed by atoms with Crippen LogP contribution in [0.25, 0.3) is 0 Å². The van der Waals surface area contributed by atoms with Gasteiger partial charge in [-0.1, -0.05) is 259 Å². The normalized spacial score (nSPS) is 12.8. The Morgan fingerprint density at radius 1 is 0.296 bits per heavy atom. The van der Waals surface area contributed by atoms with Gasteiger partial charge in [-0.3, -0.25) is 14.4 Å². The highest BCUT2D eigenvalue weighted by atomic mass is 16.6. The minimum Gasteiger partial charge on any atom is -0.462 e. The molecule has 0 aliphatic heterocycles. The van der Waals surface area contributed by atoms with Gasteiger partial charge in [-0.2, -0.15) is 0 Å². The fourth-order valence-electron chi connectivity index (χ4n) is 8.13. The fourth-order valence-corrected chi connectivity index (χ4v) is 8.13. The molecule has 0 aromatic heterocycles. The van der Waals surface area contributed by atoms with Gasteiger partial charge in [0.1, 0.15) is 13.2 Å². The molecular weight excluding hydrogens is 877 g/mol. The van der Waals surface area contributed by atoms with Gasteiger partial charge in [0.05, 0.1) is 0 Å². The average molecular weight is 988 g/mol. The Hall–Kier alpha value is -3.67. The minimum atomic E-state index is -0.778. The molecule has 1 atom stereocenters. The Morgan fingerprint density at radius 2 is 0.577 bits per heavy atom. The van der Waals surface area contributed by atoms with Gasteiger partial charge in [0.15, 0.2) is 6.10 Å². The third kappa shape index (κ3) is 57.1. The molecule has 1 unspecified atom stereocenters. The maximum absolute atomic E-state index is 12.7. The first-order valence-corrected chi connectivity index (χ1v) is 29.7. The summed E-state index contributed by atoms with van der Waals surface area (Å²) in [5, 5.41) is 0. The number of allylic oxidation sites excluding steroid dienone is 16. The van der Waals surface area contributed by atoms with Crippen molar-refractivity contribution in [3.63, 3.8) is 0 Å². The molecule has 0 radical (unpaired) electrons. The Labute approximate surface area is 438 Å². The van der Waals surface area contributed by atoms with E-state index >= 15 is 0 Å². The molecule has 0 saturated heterocycles. The number of rotatable bonds is 53. The molecule has 0 spiro atoms. The Balaban J connectivity index is 3.93. The third-order valence-corrected chi connectivity index (χ3v) is 12.6. The van der Waals surface area contributed by atoms with Gasteiger partial charge in [0, 0.05) is 19.3 Å². The number of esters is 3. The van der Waals surface area contributed by atoms with Crippen molar-refractivity contribution in [3.05, 3.63) is 97.2 Å². The second-order valence-electron chi connectivity index (χ2n) is 19.5. The monoisotopic (exact) mass is 987 g/mol. The predicted octanol–water partition coefficient (Wildman–Crippen LogP) is 20.1. The number of hydrogen-bond acceptors (Lipinski definition) is 6. The van der Waals surface area contributed by atoms with Gasteiger partial charge in [0.2, 0.25) is 0 Å². The topological polar surface area (TPSA) is 78.9 Å². The van der Waals surface area contributed by atoms with E-state index in [4.69, 9.17) is 14.2 Å². The number of unbranched alkanes of at least 4 members (excludes halogenated alkanes) is 26. The van der Waals surface area contributed by atoms with Crippen molar-refractivity contribution >= 4 is 17.9 Å². The Morgan fingerprint density at radius 3 is 0.915 bits per heavy atom. The van der Waals surface area contributed by atoms with Crippen molar-refractivity contribution in [3.8, 4) is 0 Å². The number of carbonyl (C=O) groups excluding carboxylic acids is 3. The summed E-state index contributed by atoms with van der Waals surface area (Å²) in [4.78, 5) is 37.7. The summed E-state index contributed by atoms with van der Waals surface area (Å²) < 4.78 is 16.7. The van der Waals surface area contributed by atoms with Crippen LogP contribution in [-0.2, 0) is 28.6 Å². The van der Waals surface area contributed by atoms with Crippen LogP contribution in [-0.4, -0.2) is 37.2 Å². The molecule has 71 heavy (non-hydrogen) atoms. The lowest BCUT2D eigenvalue weighted by Gasteiger charge is -2.18. The average Bonchev–Trinajstić information content (AvgIpc) is 3.37. The molecule has 0 N–H and O–H groups in total. The summed E-state index contributed by atoms with van der Waals surface area (Å²) >= 11 is 0. The van der Waals surface area contributed by atoms with Crippen LogP contribution in [0.5, 0.6) is 0 Å². The zero-order valence-corrected chi connectivity index (χ0v) is 46.5. The van der Waals surface area contributed by atoms with E-state index in [0.29, 0.717) is 19.3 Å². The van der Waals surface area contributed by atoms with E-state index in [2.05, 4.69) is 118 Å². The molecule has 0 rings (SSSR count). The van der Waals surface area contributed by atoms with E-state index in [-0.39, 0.29) is 31.1 Å². The molecule has 0 fully saturated rings. The lowest BCUT2D eigenvalue weighted by molar-refractivity contribution is -0.167. The van der Waals surface area contributed by atoms with Crippen molar-refractivity contribution in [2.24, 2.45) is 0 Å². The van der Waals surface area contributed by atoms with Gasteiger partial charge in [-0.05, 0) is 96.3 Å². The molecule has 0 aromatic carbocycles. The van der Waals surface area contributed by atoms with E-state index in [1.54, 1.807) is 0 Å². The molecule has 406 valence electrons. The molecule has 6 heteroatoms. The van der Waals surface area contributed by atoms with Gasteiger partial charge >= 0.3 is 17.9 Å². The number of ether oxygens (including phenoxy) is 3. The van der Waals surface area contributed by atoms with Crippen LogP contribution < -0.4 is 0 Å². The van der Waals surface area contributed by atoms with Crippen LogP contribution >= 0.6 is 0 Å². The van der Waals surface area contributed by atoms with Crippen molar-refractivity contribution in [1.82, 2.24) is 0 Å². The van der Waals surface area contributed by atoms with Crippen molar-refractivity contribution in [2.45, 2.75) is 284 Å². The molecule has 6 nitrogen and oxygen atoms in total. The van der Waals surface area contributed by atoms with Crippen molar-refractivity contribution in [1.29, 1.82) is 0 Å². The molecule has 0 aromatic rings.